The van der Waals surface area contributed by atoms with Gasteiger partial charge in [-0.3, -0.25) is 4.99 Å². The monoisotopic (exact) mass is 227 g/mol. The lowest BCUT2D eigenvalue weighted by molar-refractivity contribution is 0.372. The van der Waals surface area contributed by atoms with Gasteiger partial charge in [-0.2, -0.15) is 0 Å². The molecule has 5 heteroatoms. The van der Waals surface area contributed by atoms with Crippen LogP contribution in [0.1, 0.15) is 6.92 Å². The van der Waals surface area contributed by atoms with Crippen LogP contribution in [-0.4, -0.2) is 19.0 Å². The predicted octanol–water partition coefficient (Wildman–Crippen LogP) is 1.60. The summed E-state index contributed by atoms with van der Waals surface area (Å²) in [5.41, 5.74) is 2.48. The van der Waals surface area contributed by atoms with Crippen LogP contribution in [-0.2, 0) is 0 Å². The molecule has 0 bridgehead atoms. The molecule has 0 fully saturated rings. The lowest BCUT2D eigenvalue weighted by Gasteiger charge is -2.08. The van der Waals surface area contributed by atoms with Crippen molar-refractivity contribution in [2.75, 3.05) is 13.2 Å². The number of nitrogens with one attached hydrogen (secondary N) is 1. The first-order valence-corrected chi connectivity index (χ1v) is 5.02. The van der Waals surface area contributed by atoms with Crippen LogP contribution < -0.4 is 16.0 Å². The number of amidine groups is 1. The first-order chi connectivity index (χ1) is 7.26. The fraction of sp³-hybridized carbons (Fsp3) is 0.300. The fourth-order valence-corrected chi connectivity index (χ4v) is 1.21. The summed E-state index contributed by atoms with van der Waals surface area (Å²) in [5, 5.41) is 0.641. The van der Waals surface area contributed by atoms with E-state index in [1.54, 1.807) is 12.1 Å². The van der Waals surface area contributed by atoms with Crippen molar-refractivity contribution >= 4 is 17.4 Å². The lowest BCUT2D eigenvalue weighted by Crippen LogP contribution is -2.35. The van der Waals surface area contributed by atoms with Crippen LogP contribution in [0.3, 0.4) is 0 Å². The second-order valence-electron chi connectivity index (χ2n) is 2.81. The van der Waals surface area contributed by atoms with E-state index in [1.807, 2.05) is 19.1 Å². The molecule has 4 nitrogen and oxygen atoms in total. The Morgan fingerprint density at radius 3 is 3.00 bits per heavy atom. The SMILES string of the molecule is CCN=C(COc1cccc(Cl)c1)NN. The number of ether oxygens (including phenoxy) is 1. The Kier molecular flexibility index (Phi) is 4.93. The minimum absolute atomic E-state index is 0.310. The molecule has 0 radical (unpaired) electrons. The number of nitrogens with two attached hydrogens (primary N) is 1. The smallest absolute Gasteiger partial charge is 0.149 e. The van der Waals surface area contributed by atoms with Crippen molar-refractivity contribution in [3.63, 3.8) is 0 Å². The van der Waals surface area contributed by atoms with E-state index in [0.717, 1.165) is 0 Å². The Morgan fingerprint density at radius 2 is 2.40 bits per heavy atom. The molecule has 1 rings (SSSR count). The minimum atomic E-state index is 0.310. The van der Waals surface area contributed by atoms with Crippen molar-refractivity contribution in [3.8, 4) is 5.75 Å². The van der Waals surface area contributed by atoms with E-state index in [-0.39, 0.29) is 0 Å². The van der Waals surface area contributed by atoms with Gasteiger partial charge < -0.3 is 10.2 Å². The molecule has 0 saturated heterocycles. The van der Waals surface area contributed by atoms with Gasteiger partial charge in [-0.1, -0.05) is 17.7 Å². The van der Waals surface area contributed by atoms with Gasteiger partial charge in [-0.05, 0) is 25.1 Å². The van der Waals surface area contributed by atoms with Gasteiger partial charge in [0.1, 0.15) is 18.2 Å². The second kappa shape index (κ2) is 6.27. The number of nitrogens with zero attached hydrogens (tertiary/aromatic N) is 1. The summed E-state index contributed by atoms with van der Waals surface area (Å²) in [6.45, 7) is 2.90. The first kappa shape index (κ1) is 11.8. The molecular formula is C10H14ClN3O. The Hall–Kier alpha value is -1.26. The zero-order valence-electron chi connectivity index (χ0n) is 8.53. The van der Waals surface area contributed by atoms with Crippen molar-refractivity contribution < 1.29 is 4.74 Å². The molecule has 0 atom stereocenters. The third-order valence-corrected chi connectivity index (χ3v) is 1.92. The number of hydrogen-bond donors (Lipinski definition) is 2. The second-order valence-corrected chi connectivity index (χ2v) is 3.25. The normalized spacial score (nSPS) is 11.3. The quantitative estimate of drug-likeness (QED) is 0.356. The highest BCUT2D eigenvalue weighted by atomic mass is 35.5. The zero-order chi connectivity index (χ0) is 11.1. The molecular weight excluding hydrogens is 214 g/mol. The van der Waals surface area contributed by atoms with Crippen molar-refractivity contribution in [3.05, 3.63) is 29.3 Å². The number of aliphatic imine (C=N–C) groups is 1. The van der Waals surface area contributed by atoms with E-state index in [4.69, 9.17) is 22.2 Å². The predicted molar refractivity (Wildman–Crippen MR) is 62.2 cm³/mol. The summed E-state index contributed by atoms with van der Waals surface area (Å²) in [7, 11) is 0. The largest absolute Gasteiger partial charge is 0.486 e. The molecule has 0 aromatic heterocycles. The zero-order valence-corrected chi connectivity index (χ0v) is 9.29. The van der Waals surface area contributed by atoms with Crippen LogP contribution in [0.25, 0.3) is 0 Å². The fourth-order valence-electron chi connectivity index (χ4n) is 1.03. The van der Waals surface area contributed by atoms with Crippen LogP contribution in [0, 0.1) is 0 Å². The number of halogens is 1. The average Bonchev–Trinajstić information content (AvgIpc) is 2.24. The van der Waals surface area contributed by atoms with Crippen LogP contribution in [0.5, 0.6) is 5.75 Å². The molecule has 0 aliphatic carbocycles. The molecule has 0 spiro atoms. The van der Waals surface area contributed by atoms with E-state index in [1.165, 1.54) is 0 Å². The number of hydrazine groups is 1. The number of benzene rings is 1. The molecule has 0 saturated carbocycles. The van der Waals surface area contributed by atoms with Crippen molar-refractivity contribution in [1.29, 1.82) is 0 Å². The maximum absolute atomic E-state index is 5.80. The molecule has 82 valence electrons. The van der Waals surface area contributed by atoms with Crippen molar-refractivity contribution in [2.45, 2.75) is 6.92 Å². The third kappa shape index (κ3) is 4.18. The third-order valence-electron chi connectivity index (χ3n) is 1.69. The Bertz CT molecular complexity index is 341. The maximum atomic E-state index is 5.80. The van der Waals surface area contributed by atoms with Crippen molar-refractivity contribution in [2.24, 2.45) is 10.8 Å². The molecule has 0 heterocycles. The highest BCUT2D eigenvalue weighted by molar-refractivity contribution is 6.30. The van der Waals surface area contributed by atoms with Gasteiger partial charge >= 0.3 is 0 Å². The number of rotatable bonds is 4. The molecule has 0 unspecified atom stereocenters. The first-order valence-electron chi connectivity index (χ1n) is 4.64. The molecule has 0 aliphatic heterocycles. The number of hydrogen-bond acceptors (Lipinski definition) is 3. The van der Waals surface area contributed by atoms with E-state index in [9.17, 15) is 0 Å². The van der Waals surface area contributed by atoms with Crippen LogP contribution in [0.15, 0.2) is 29.3 Å². The van der Waals surface area contributed by atoms with Crippen molar-refractivity contribution in [1.82, 2.24) is 5.43 Å². The summed E-state index contributed by atoms with van der Waals surface area (Å²) in [4.78, 5) is 4.10. The topological polar surface area (TPSA) is 59.6 Å². The van der Waals surface area contributed by atoms with Gasteiger partial charge in [0.25, 0.3) is 0 Å². The van der Waals surface area contributed by atoms with Crippen LogP contribution in [0.2, 0.25) is 5.02 Å². The lowest BCUT2D eigenvalue weighted by atomic mass is 10.3. The van der Waals surface area contributed by atoms with Gasteiger partial charge in [0.05, 0.1) is 0 Å². The average molecular weight is 228 g/mol. The van der Waals surface area contributed by atoms with Gasteiger partial charge in [-0.15, -0.1) is 0 Å². The minimum Gasteiger partial charge on any atom is -0.486 e. The molecule has 1 aromatic carbocycles. The summed E-state index contributed by atoms with van der Waals surface area (Å²) in [5.74, 6) is 6.57. The van der Waals surface area contributed by atoms with E-state index < -0.39 is 0 Å². The van der Waals surface area contributed by atoms with Gasteiger partial charge in [0, 0.05) is 11.6 Å². The molecule has 3 N–H and O–H groups in total. The highest BCUT2D eigenvalue weighted by Crippen LogP contribution is 2.16. The van der Waals surface area contributed by atoms with Gasteiger partial charge in [-0.25, -0.2) is 5.84 Å². The standard InChI is InChI=1S/C10H14ClN3O/c1-2-13-10(14-12)7-15-9-5-3-4-8(11)6-9/h3-6H,2,7,12H2,1H3,(H,13,14). The molecule has 15 heavy (non-hydrogen) atoms. The van der Waals surface area contributed by atoms with E-state index in [2.05, 4.69) is 10.4 Å². The summed E-state index contributed by atoms with van der Waals surface area (Å²) >= 11 is 5.80. The molecule has 0 aliphatic rings. The van der Waals surface area contributed by atoms with Gasteiger partial charge in [0.15, 0.2) is 0 Å². The highest BCUT2D eigenvalue weighted by Gasteiger charge is 1.98. The molecule has 1 aromatic rings. The summed E-state index contributed by atoms with van der Waals surface area (Å²) < 4.78 is 5.43. The van der Waals surface area contributed by atoms with Gasteiger partial charge in [0.2, 0.25) is 0 Å². The Balaban J connectivity index is 2.52. The van der Waals surface area contributed by atoms with E-state index in [0.29, 0.717) is 29.8 Å². The maximum Gasteiger partial charge on any atom is 0.149 e. The Labute approximate surface area is 94.1 Å². The van der Waals surface area contributed by atoms with Crippen LogP contribution in [0.4, 0.5) is 0 Å². The van der Waals surface area contributed by atoms with E-state index >= 15 is 0 Å². The molecule has 0 amide bonds. The summed E-state index contributed by atoms with van der Waals surface area (Å²) in [6, 6.07) is 7.18. The summed E-state index contributed by atoms with van der Waals surface area (Å²) in [6.07, 6.45) is 0. The Morgan fingerprint density at radius 1 is 1.60 bits per heavy atom. The van der Waals surface area contributed by atoms with Crippen LogP contribution >= 0.6 is 11.6 Å².